The highest BCUT2D eigenvalue weighted by Crippen LogP contribution is 2.30. The van der Waals surface area contributed by atoms with Gasteiger partial charge < -0.3 is 4.55 Å². The number of alkyl halides is 3. The molecular weight excluding hydrogens is 425 g/mol. The fourth-order valence-electron chi connectivity index (χ4n) is 2.20. The molecule has 3 aromatic carbocycles. The molecule has 0 aliphatic rings. The van der Waals surface area contributed by atoms with Gasteiger partial charge in [0.15, 0.2) is 24.8 Å². The Bertz CT molecular complexity index is 981. The molecule has 0 radical (unpaired) electrons. The molecule has 0 fully saturated rings. The summed E-state index contributed by atoms with van der Waals surface area (Å²) in [5.41, 5.74) is -4.93. The summed E-state index contributed by atoms with van der Waals surface area (Å²) in [4.78, 5) is 14.6. The van der Waals surface area contributed by atoms with Crippen LogP contribution in [0.25, 0.3) is 0 Å². The van der Waals surface area contributed by atoms with Gasteiger partial charge in [0.25, 0.3) is 0 Å². The van der Waals surface area contributed by atoms with Crippen LogP contribution in [0.1, 0.15) is 10.4 Å². The zero-order valence-electron chi connectivity index (χ0n) is 14.7. The summed E-state index contributed by atoms with van der Waals surface area (Å²) < 4.78 is 58.9. The number of hydrogen-bond donors (Lipinski definition) is 0. The van der Waals surface area contributed by atoms with Gasteiger partial charge >= 0.3 is 5.51 Å². The first kappa shape index (κ1) is 22.7. The summed E-state index contributed by atoms with van der Waals surface area (Å²) in [5.74, 6) is 0. The SMILES string of the molecule is O=Cc1ccc([S+](c2ccccc2)c2ccccc2)cc1.O=S(=O)([O-])C(F)(F)F. The van der Waals surface area contributed by atoms with Crippen molar-refractivity contribution >= 4 is 27.3 Å². The normalized spacial score (nSPS) is 11.5. The van der Waals surface area contributed by atoms with Crippen LogP contribution < -0.4 is 0 Å². The van der Waals surface area contributed by atoms with E-state index in [1.807, 2.05) is 36.4 Å². The minimum atomic E-state index is -6.09. The second-order valence-corrected chi connectivity index (χ2v) is 8.92. The average molecular weight is 440 g/mol. The highest BCUT2D eigenvalue weighted by molar-refractivity contribution is 7.97. The Morgan fingerprint density at radius 2 is 1.07 bits per heavy atom. The Balaban J connectivity index is 0.000000321. The zero-order valence-corrected chi connectivity index (χ0v) is 16.4. The van der Waals surface area contributed by atoms with Crippen molar-refractivity contribution < 1.29 is 30.9 Å². The van der Waals surface area contributed by atoms with Crippen molar-refractivity contribution in [2.45, 2.75) is 20.2 Å². The third-order valence-corrected chi connectivity index (χ3v) is 6.29. The summed E-state index contributed by atoms with van der Waals surface area (Å²) in [6.45, 7) is 0. The molecule has 152 valence electrons. The lowest BCUT2D eigenvalue weighted by molar-refractivity contribution is -0.0517. The lowest BCUT2D eigenvalue weighted by Crippen LogP contribution is -2.21. The summed E-state index contributed by atoms with van der Waals surface area (Å²) in [5, 5.41) is 0. The molecule has 0 aliphatic carbocycles. The Kier molecular flexibility index (Phi) is 7.60. The van der Waals surface area contributed by atoms with Gasteiger partial charge in [0.2, 0.25) is 0 Å². The van der Waals surface area contributed by atoms with Crippen LogP contribution in [0.4, 0.5) is 13.2 Å². The highest BCUT2D eigenvalue weighted by atomic mass is 32.2. The van der Waals surface area contributed by atoms with Crippen LogP contribution in [0.5, 0.6) is 0 Å². The first-order chi connectivity index (χ1) is 13.6. The Morgan fingerprint density at radius 3 is 1.38 bits per heavy atom. The molecule has 0 unspecified atom stereocenters. The van der Waals surface area contributed by atoms with Crippen LogP contribution >= 0.6 is 0 Å². The standard InChI is InChI=1S/C19H15OS.CHF3O3S/c20-15-16-11-13-19(14-12-16)21(17-7-3-1-4-8-17)18-9-5-2-6-10-18;2-1(3,4)8(5,6)7/h1-15H;(H,5,6,7)/q+1;/p-1. The van der Waals surface area contributed by atoms with Gasteiger partial charge in [-0.15, -0.1) is 0 Å². The molecule has 0 saturated carbocycles. The Labute approximate surface area is 169 Å². The van der Waals surface area contributed by atoms with Crippen molar-refractivity contribution in [3.8, 4) is 0 Å². The summed E-state index contributed by atoms with van der Waals surface area (Å²) in [7, 11) is -6.23. The van der Waals surface area contributed by atoms with E-state index in [1.165, 1.54) is 14.7 Å². The van der Waals surface area contributed by atoms with E-state index in [0.29, 0.717) is 5.56 Å². The second kappa shape index (κ2) is 9.73. The molecule has 9 heteroatoms. The van der Waals surface area contributed by atoms with E-state index in [2.05, 4.69) is 48.5 Å². The molecule has 0 saturated heterocycles. The Morgan fingerprint density at radius 1 is 0.724 bits per heavy atom. The van der Waals surface area contributed by atoms with Crippen molar-refractivity contribution in [3.63, 3.8) is 0 Å². The van der Waals surface area contributed by atoms with Crippen molar-refractivity contribution in [1.29, 1.82) is 0 Å². The van der Waals surface area contributed by atoms with E-state index >= 15 is 0 Å². The molecule has 3 rings (SSSR count). The van der Waals surface area contributed by atoms with Gasteiger partial charge in [0.1, 0.15) is 6.29 Å². The van der Waals surface area contributed by atoms with Gasteiger partial charge in [-0.25, -0.2) is 8.42 Å². The summed E-state index contributed by atoms with van der Waals surface area (Å²) in [6, 6.07) is 28.8. The number of aldehydes is 1. The molecule has 29 heavy (non-hydrogen) atoms. The van der Waals surface area contributed by atoms with Crippen LogP contribution in [0.15, 0.2) is 99.6 Å². The fourth-order valence-corrected chi connectivity index (χ4v) is 4.29. The van der Waals surface area contributed by atoms with E-state index in [1.54, 1.807) is 0 Å². The maximum Gasteiger partial charge on any atom is 0.485 e. The topological polar surface area (TPSA) is 74.3 Å². The van der Waals surface area contributed by atoms with Crippen LogP contribution in [0.3, 0.4) is 0 Å². The zero-order chi connectivity index (χ0) is 21.5. The molecule has 0 N–H and O–H groups in total. The minimum absolute atomic E-state index is 0.141. The molecule has 0 atom stereocenters. The van der Waals surface area contributed by atoms with E-state index < -0.39 is 15.6 Å². The molecule has 0 bridgehead atoms. The molecule has 0 spiro atoms. The molecule has 0 aliphatic heterocycles. The van der Waals surface area contributed by atoms with Gasteiger partial charge in [-0.1, -0.05) is 36.4 Å². The number of carbonyl (C=O) groups is 1. The lowest BCUT2D eigenvalue weighted by atomic mass is 10.2. The molecule has 0 amide bonds. The average Bonchev–Trinajstić information content (AvgIpc) is 2.69. The van der Waals surface area contributed by atoms with Gasteiger partial charge in [-0.3, -0.25) is 4.79 Å². The predicted molar refractivity (Wildman–Crippen MR) is 103 cm³/mol. The van der Waals surface area contributed by atoms with Gasteiger partial charge in [-0.2, -0.15) is 13.2 Å². The van der Waals surface area contributed by atoms with Gasteiger partial charge in [0.05, 0.1) is 10.9 Å². The lowest BCUT2D eigenvalue weighted by Gasteiger charge is -2.08. The van der Waals surface area contributed by atoms with Crippen molar-refractivity contribution in [1.82, 2.24) is 0 Å². The number of carbonyl (C=O) groups excluding carboxylic acids is 1. The number of benzene rings is 3. The van der Waals surface area contributed by atoms with Crippen LogP contribution in [-0.2, 0) is 21.0 Å². The Hall–Kier alpha value is -2.62. The van der Waals surface area contributed by atoms with E-state index in [4.69, 9.17) is 13.0 Å². The molecule has 0 aromatic heterocycles. The monoisotopic (exact) mass is 440 g/mol. The number of rotatable bonds is 4. The highest BCUT2D eigenvalue weighted by Gasteiger charge is 2.37. The fraction of sp³-hybridized carbons (Fsp3) is 0.0500. The predicted octanol–water partition coefficient (Wildman–Crippen LogP) is 4.65. The smallest absolute Gasteiger partial charge is 0.485 e. The van der Waals surface area contributed by atoms with Gasteiger partial charge in [-0.05, 0) is 48.5 Å². The molecule has 3 aromatic rings. The summed E-state index contributed by atoms with van der Waals surface area (Å²) in [6.07, 6.45) is 0.882. The van der Waals surface area contributed by atoms with E-state index in [-0.39, 0.29) is 10.9 Å². The molecular formula is C20H15F3O4S2. The minimum Gasteiger partial charge on any atom is -0.741 e. The van der Waals surface area contributed by atoms with Crippen molar-refractivity contribution in [2.75, 3.05) is 0 Å². The van der Waals surface area contributed by atoms with E-state index in [9.17, 15) is 18.0 Å². The maximum atomic E-state index is 10.8. The molecule has 4 nitrogen and oxygen atoms in total. The maximum absolute atomic E-state index is 10.8. The van der Waals surface area contributed by atoms with Gasteiger partial charge in [0, 0.05) is 5.56 Å². The first-order valence-electron chi connectivity index (χ1n) is 8.05. The van der Waals surface area contributed by atoms with Crippen LogP contribution in [0.2, 0.25) is 0 Å². The number of hydrogen-bond acceptors (Lipinski definition) is 4. The third-order valence-electron chi connectivity index (χ3n) is 3.49. The number of halogens is 3. The quantitative estimate of drug-likeness (QED) is 0.256. The van der Waals surface area contributed by atoms with Crippen molar-refractivity contribution in [3.05, 3.63) is 90.5 Å². The second-order valence-electron chi connectivity index (χ2n) is 5.52. The largest absolute Gasteiger partial charge is 0.741 e. The van der Waals surface area contributed by atoms with Crippen LogP contribution in [0, 0.1) is 0 Å². The first-order valence-corrected chi connectivity index (χ1v) is 10.7. The van der Waals surface area contributed by atoms with Crippen molar-refractivity contribution in [2.24, 2.45) is 0 Å². The summed E-state index contributed by atoms with van der Waals surface area (Å²) >= 11 is 0. The van der Waals surface area contributed by atoms with Crippen LogP contribution in [-0.4, -0.2) is 24.8 Å². The molecule has 0 heterocycles. The third kappa shape index (κ3) is 6.45. The van der Waals surface area contributed by atoms with E-state index in [0.717, 1.165) is 6.29 Å².